The highest BCUT2D eigenvalue weighted by Crippen LogP contribution is 2.21. The molecule has 0 radical (unpaired) electrons. The van der Waals surface area contributed by atoms with E-state index >= 15 is 0 Å². The van der Waals surface area contributed by atoms with Gasteiger partial charge in [0.15, 0.2) is 0 Å². The van der Waals surface area contributed by atoms with Crippen molar-refractivity contribution in [3.05, 3.63) is 53.3 Å². The largest absolute Gasteiger partial charge is 0.480 e. The Balaban J connectivity index is 2.25. The second-order valence-corrected chi connectivity index (χ2v) is 6.52. The monoisotopic (exact) mass is 357 g/mol. The summed E-state index contributed by atoms with van der Waals surface area (Å²) in [5.41, 5.74) is 2.11. The van der Waals surface area contributed by atoms with Gasteiger partial charge in [0.25, 0.3) is 5.91 Å². The number of hydrogen-bond donors (Lipinski definition) is 1. The summed E-state index contributed by atoms with van der Waals surface area (Å²) in [5.74, 6) is -1.34. The van der Waals surface area contributed by atoms with Crippen molar-refractivity contribution in [2.24, 2.45) is 0 Å². The van der Waals surface area contributed by atoms with Crippen LogP contribution < -0.4 is 0 Å². The molecule has 1 N–H and O–H groups in total. The van der Waals surface area contributed by atoms with E-state index in [1.165, 1.54) is 11.9 Å². The molecular formula is C20H27N3O3. The second kappa shape index (κ2) is 8.65. The first-order valence-electron chi connectivity index (χ1n) is 8.98. The minimum atomic E-state index is -1.02. The van der Waals surface area contributed by atoms with E-state index in [0.717, 1.165) is 24.1 Å². The molecule has 140 valence electrons. The van der Waals surface area contributed by atoms with E-state index in [1.54, 1.807) is 6.20 Å². The van der Waals surface area contributed by atoms with Crippen molar-refractivity contribution in [1.82, 2.24) is 14.7 Å². The molecule has 1 aromatic heterocycles. The maximum absolute atomic E-state index is 12.9. The van der Waals surface area contributed by atoms with Gasteiger partial charge in [0, 0.05) is 19.2 Å². The molecule has 0 saturated carbocycles. The van der Waals surface area contributed by atoms with Gasteiger partial charge in [0.05, 0.1) is 17.8 Å². The smallest absolute Gasteiger partial charge is 0.326 e. The molecule has 0 saturated heterocycles. The number of likely N-dealkylation sites (N-methyl/N-ethyl adjacent to an activating group) is 1. The molecule has 0 spiro atoms. The molecule has 1 amide bonds. The molecule has 0 aliphatic carbocycles. The van der Waals surface area contributed by atoms with Crippen molar-refractivity contribution in [1.29, 1.82) is 0 Å². The summed E-state index contributed by atoms with van der Waals surface area (Å²) < 4.78 is 1.87. The molecule has 1 atom stereocenters. The first-order chi connectivity index (χ1) is 12.4. The molecule has 2 rings (SSSR count). The predicted molar refractivity (Wildman–Crippen MR) is 100 cm³/mol. The normalized spacial score (nSPS) is 12.2. The van der Waals surface area contributed by atoms with Crippen LogP contribution in [-0.2, 0) is 11.2 Å². The highest BCUT2D eigenvalue weighted by Gasteiger charge is 2.29. The highest BCUT2D eigenvalue weighted by atomic mass is 16.4. The number of nitrogens with zero attached hydrogens (tertiary/aromatic N) is 3. The van der Waals surface area contributed by atoms with E-state index in [-0.39, 0.29) is 18.4 Å². The van der Waals surface area contributed by atoms with Crippen molar-refractivity contribution in [2.45, 2.75) is 52.1 Å². The van der Waals surface area contributed by atoms with Crippen LogP contribution in [0.4, 0.5) is 0 Å². The highest BCUT2D eigenvalue weighted by molar-refractivity contribution is 5.97. The van der Waals surface area contributed by atoms with Gasteiger partial charge in [-0.25, -0.2) is 4.79 Å². The Bertz CT molecular complexity index is 751. The lowest BCUT2D eigenvalue weighted by atomic mass is 10.0. The van der Waals surface area contributed by atoms with Crippen molar-refractivity contribution >= 4 is 11.9 Å². The molecule has 2 aromatic rings. The number of carbonyl (C=O) groups excluding carboxylic acids is 1. The third kappa shape index (κ3) is 4.12. The van der Waals surface area contributed by atoms with E-state index in [0.29, 0.717) is 5.56 Å². The first-order valence-corrected chi connectivity index (χ1v) is 8.98. The molecule has 0 bridgehead atoms. The molecule has 26 heavy (non-hydrogen) atoms. The average molecular weight is 357 g/mol. The zero-order valence-corrected chi connectivity index (χ0v) is 15.8. The number of carboxylic acid groups (broad SMARTS) is 1. The summed E-state index contributed by atoms with van der Waals surface area (Å²) in [6.45, 7) is 6.03. The van der Waals surface area contributed by atoms with Gasteiger partial charge in [0.2, 0.25) is 0 Å². The summed E-state index contributed by atoms with van der Waals surface area (Å²) in [4.78, 5) is 26.0. The maximum atomic E-state index is 12.9. The third-order valence-electron chi connectivity index (χ3n) is 4.91. The fourth-order valence-electron chi connectivity index (χ4n) is 3.19. The summed E-state index contributed by atoms with van der Waals surface area (Å²) in [5, 5.41) is 14.0. The number of hydrogen-bond acceptors (Lipinski definition) is 3. The average Bonchev–Trinajstić information content (AvgIpc) is 3.02. The number of carboxylic acids is 1. The lowest BCUT2D eigenvalue weighted by Crippen LogP contribution is -2.44. The Hall–Kier alpha value is -2.63. The van der Waals surface area contributed by atoms with Crippen LogP contribution in [0.1, 0.15) is 54.3 Å². The molecule has 6 heteroatoms. The Morgan fingerprint density at radius 3 is 2.35 bits per heavy atom. The number of aliphatic carboxylic acids is 1. The first kappa shape index (κ1) is 19.7. The molecule has 0 fully saturated rings. The Kier molecular flexibility index (Phi) is 6.55. The Morgan fingerprint density at radius 1 is 1.19 bits per heavy atom. The van der Waals surface area contributed by atoms with Crippen LogP contribution in [-0.4, -0.2) is 44.8 Å². The van der Waals surface area contributed by atoms with Gasteiger partial charge in [-0.2, -0.15) is 5.10 Å². The molecule has 0 aliphatic rings. The zero-order chi connectivity index (χ0) is 19.3. The number of rotatable bonds is 8. The lowest BCUT2D eigenvalue weighted by molar-refractivity contribution is -0.141. The number of benzene rings is 1. The van der Waals surface area contributed by atoms with Gasteiger partial charge in [-0.1, -0.05) is 44.2 Å². The van der Waals surface area contributed by atoms with Gasteiger partial charge in [-0.05, 0) is 25.3 Å². The van der Waals surface area contributed by atoms with Gasteiger partial charge >= 0.3 is 5.97 Å². The Labute approximate surface area is 154 Å². The minimum absolute atomic E-state index is 0.237. The van der Waals surface area contributed by atoms with Crippen molar-refractivity contribution in [3.63, 3.8) is 0 Å². The standard InChI is InChI=1S/C20H27N3O3/c1-5-16(6-2)23-14(3)17(13-21-23)19(24)22(4)18(20(25)26)12-15-10-8-7-9-11-15/h7-11,13,16,18H,5-6,12H2,1-4H3,(H,25,26). The van der Waals surface area contributed by atoms with Crippen molar-refractivity contribution in [2.75, 3.05) is 7.05 Å². The van der Waals surface area contributed by atoms with Crippen LogP contribution in [0.15, 0.2) is 36.5 Å². The van der Waals surface area contributed by atoms with Crippen molar-refractivity contribution in [3.8, 4) is 0 Å². The van der Waals surface area contributed by atoms with Crippen LogP contribution in [0.25, 0.3) is 0 Å². The number of amides is 1. The van der Waals surface area contributed by atoms with E-state index in [1.807, 2.05) is 41.9 Å². The van der Waals surface area contributed by atoms with Gasteiger partial charge < -0.3 is 10.0 Å². The van der Waals surface area contributed by atoms with Crippen LogP contribution in [0, 0.1) is 6.92 Å². The molecule has 6 nitrogen and oxygen atoms in total. The predicted octanol–water partition coefficient (Wildman–Crippen LogP) is 3.32. The van der Waals surface area contributed by atoms with Crippen LogP contribution in [0.5, 0.6) is 0 Å². The molecule has 1 aromatic carbocycles. The van der Waals surface area contributed by atoms with Gasteiger partial charge in [0.1, 0.15) is 6.04 Å². The number of aromatic nitrogens is 2. The molecule has 1 heterocycles. The van der Waals surface area contributed by atoms with Crippen LogP contribution >= 0.6 is 0 Å². The van der Waals surface area contributed by atoms with Crippen LogP contribution in [0.2, 0.25) is 0 Å². The summed E-state index contributed by atoms with van der Waals surface area (Å²) >= 11 is 0. The van der Waals surface area contributed by atoms with E-state index in [9.17, 15) is 14.7 Å². The molecule has 0 aliphatic heterocycles. The van der Waals surface area contributed by atoms with E-state index in [2.05, 4.69) is 18.9 Å². The molecule has 1 unspecified atom stereocenters. The van der Waals surface area contributed by atoms with E-state index in [4.69, 9.17) is 0 Å². The van der Waals surface area contributed by atoms with Crippen molar-refractivity contribution < 1.29 is 14.7 Å². The maximum Gasteiger partial charge on any atom is 0.326 e. The Morgan fingerprint density at radius 2 is 1.81 bits per heavy atom. The van der Waals surface area contributed by atoms with Gasteiger partial charge in [-0.15, -0.1) is 0 Å². The number of carbonyl (C=O) groups is 2. The van der Waals surface area contributed by atoms with Gasteiger partial charge in [-0.3, -0.25) is 9.48 Å². The summed E-state index contributed by atoms with van der Waals surface area (Å²) in [6, 6.07) is 8.64. The fourth-order valence-corrected chi connectivity index (χ4v) is 3.19. The SMILES string of the molecule is CCC(CC)n1ncc(C(=O)N(C)C(Cc2ccccc2)C(=O)O)c1C. The molecular weight excluding hydrogens is 330 g/mol. The minimum Gasteiger partial charge on any atom is -0.480 e. The third-order valence-corrected chi connectivity index (χ3v) is 4.91. The topological polar surface area (TPSA) is 75.4 Å². The quantitative estimate of drug-likeness (QED) is 0.786. The lowest BCUT2D eigenvalue weighted by Gasteiger charge is -2.25. The summed E-state index contributed by atoms with van der Waals surface area (Å²) in [6.07, 6.45) is 3.66. The second-order valence-electron chi connectivity index (χ2n) is 6.52. The zero-order valence-electron chi connectivity index (χ0n) is 15.8. The van der Waals surface area contributed by atoms with E-state index < -0.39 is 12.0 Å². The van der Waals surface area contributed by atoms with Crippen LogP contribution in [0.3, 0.4) is 0 Å². The summed E-state index contributed by atoms with van der Waals surface area (Å²) in [7, 11) is 1.54. The fraction of sp³-hybridized carbons (Fsp3) is 0.450.